The van der Waals surface area contributed by atoms with E-state index in [2.05, 4.69) is 5.32 Å². The Kier molecular flexibility index (Phi) is 5.00. The van der Waals surface area contributed by atoms with Gasteiger partial charge in [0.2, 0.25) is 0 Å². The molecule has 0 saturated carbocycles. The Balaban J connectivity index is 2.11. The van der Waals surface area contributed by atoms with Crippen LogP contribution in [0, 0.1) is 12.8 Å². The minimum atomic E-state index is -3.31. The first-order valence-corrected chi connectivity index (χ1v) is 9.07. The molecule has 1 aromatic rings. The number of aryl methyl sites for hydroxylation is 1. The van der Waals surface area contributed by atoms with Crippen LogP contribution in [0.1, 0.15) is 24.6 Å². The Labute approximate surface area is 119 Å². The van der Waals surface area contributed by atoms with Crippen LogP contribution in [0.2, 0.25) is 0 Å². The monoisotopic (exact) mass is 302 g/mol. The third-order valence-corrected chi connectivity index (χ3v) is 6.93. The van der Waals surface area contributed by atoms with E-state index in [0.29, 0.717) is 23.2 Å². The molecule has 1 aliphatic rings. The summed E-state index contributed by atoms with van der Waals surface area (Å²) in [6, 6.07) is 3.59. The van der Waals surface area contributed by atoms with Gasteiger partial charge in [-0.05, 0) is 50.9 Å². The van der Waals surface area contributed by atoms with Crippen molar-refractivity contribution < 1.29 is 8.42 Å². The van der Waals surface area contributed by atoms with Crippen LogP contribution in [-0.4, -0.2) is 38.9 Å². The predicted molar refractivity (Wildman–Crippen MR) is 79.1 cm³/mol. The maximum absolute atomic E-state index is 12.6. The van der Waals surface area contributed by atoms with E-state index in [0.717, 1.165) is 30.8 Å². The maximum Gasteiger partial charge on any atom is 0.252 e. The fourth-order valence-electron chi connectivity index (χ4n) is 2.44. The molecular formula is C13H22N2O2S2. The van der Waals surface area contributed by atoms with E-state index in [-0.39, 0.29) is 0 Å². The molecule has 1 fully saturated rings. The van der Waals surface area contributed by atoms with Crippen LogP contribution in [0.3, 0.4) is 0 Å². The molecular weight excluding hydrogens is 280 g/mol. The van der Waals surface area contributed by atoms with Crippen LogP contribution in [0.15, 0.2) is 16.3 Å². The molecule has 6 heteroatoms. The molecule has 2 rings (SSSR count). The SMILES string of the molecule is CCN(CC1CCCNC1)S(=O)(=O)c1ccc(C)s1. The Morgan fingerprint density at radius 3 is 2.79 bits per heavy atom. The number of sulfonamides is 1. The molecule has 0 aliphatic carbocycles. The molecule has 1 aliphatic heterocycles. The molecule has 0 amide bonds. The van der Waals surface area contributed by atoms with Gasteiger partial charge in [0.25, 0.3) is 10.0 Å². The highest BCUT2D eigenvalue weighted by Crippen LogP contribution is 2.25. The minimum Gasteiger partial charge on any atom is -0.316 e. The fourth-order valence-corrected chi connectivity index (χ4v) is 5.41. The Bertz CT molecular complexity index is 504. The molecule has 1 unspecified atom stereocenters. The molecule has 4 nitrogen and oxygen atoms in total. The van der Waals surface area contributed by atoms with Gasteiger partial charge in [0.15, 0.2) is 0 Å². The first kappa shape index (κ1) is 15.0. The van der Waals surface area contributed by atoms with Gasteiger partial charge in [-0.1, -0.05) is 6.92 Å². The molecule has 0 bridgehead atoms. The van der Waals surface area contributed by atoms with Crippen LogP contribution < -0.4 is 5.32 Å². The summed E-state index contributed by atoms with van der Waals surface area (Å²) in [6.07, 6.45) is 2.25. The van der Waals surface area contributed by atoms with E-state index in [9.17, 15) is 8.42 Å². The molecule has 19 heavy (non-hydrogen) atoms. The summed E-state index contributed by atoms with van der Waals surface area (Å²) in [7, 11) is -3.31. The lowest BCUT2D eigenvalue weighted by molar-refractivity contribution is 0.298. The first-order chi connectivity index (χ1) is 9.04. The van der Waals surface area contributed by atoms with Crippen molar-refractivity contribution in [2.24, 2.45) is 5.92 Å². The summed E-state index contributed by atoms with van der Waals surface area (Å²) < 4.78 is 27.2. The molecule has 0 radical (unpaired) electrons. The van der Waals surface area contributed by atoms with E-state index in [1.807, 2.05) is 19.9 Å². The summed E-state index contributed by atoms with van der Waals surface area (Å²) in [4.78, 5) is 1.04. The average Bonchev–Trinajstić information content (AvgIpc) is 2.84. The predicted octanol–water partition coefficient (Wildman–Crippen LogP) is 2.07. The van der Waals surface area contributed by atoms with Gasteiger partial charge in [0.05, 0.1) is 0 Å². The maximum atomic E-state index is 12.6. The summed E-state index contributed by atoms with van der Waals surface area (Å²) in [5.74, 6) is 0.435. The lowest BCUT2D eigenvalue weighted by Gasteiger charge is -2.28. The van der Waals surface area contributed by atoms with Crippen molar-refractivity contribution in [3.63, 3.8) is 0 Å². The van der Waals surface area contributed by atoms with Gasteiger partial charge >= 0.3 is 0 Å². The molecule has 108 valence electrons. The number of nitrogens with zero attached hydrogens (tertiary/aromatic N) is 1. The van der Waals surface area contributed by atoms with Crippen LogP contribution in [0.5, 0.6) is 0 Å². The van der Waals surface area contributed by atoms with Crippen molar-refractivity contribution in [3.05, 3.63) is 17.0 Å². The van der Waals surface area contributed by atoms with Crippen molar-refractivity contribution >= 4 is 21.4 Å². The second-order valence-corrected chi connectivity index (χ2v) is 8.49. The minimum absolute atomic E-state index is 0.435. The molecule has 1 atom stereocenters. The number of hydrogen-bond acceptors (Lipinski definition) is 4. The number of nitrogens with one attached hydrogen (secondary N) is 1. The summed E-state index contributed by atoms with van der Waals surface area (Å²) in [6.45, 7) is 6.99. The van der Waals surface area contributed by atoms with Gasteiger partial charge in [0, 0.05) is 18.0 Å². The van der Waals surface area contributed by atoms with E-state index in [4.69, 9.17) is 0 Å². The van der Waals surface area contributed by atoms with E-state index in [1.54, 1.807) is 10.4 Å². The highest BCUT2D eigenvalue weighted by atomic mass is 32.2. The molecule has 1 N–H and O–H groups in total. The van der Waals surface area contributed by atoms with Gasteiger partial charge in [-0.25, -0.2) is 8.42 Å². The highest BCUT2D eigenvalue weighted by Gasteiger charge is 2.27. The molecule has 0 spiro atoms. The van der Waals surface area contributed by atoms with Crippen molar-refractivity contribution in [2.75, 3.05) is 26.2 Å². The summed E-state index contributed by atoms with van der Waals surface area (Å²) in [5, 5.41) is 3.34. The Morgan fingerprint density at radius 2 is 2.26 bits per heavy atom. The van der Waals surface area contributed by atoms with Crippen molar-refractivity contribution in [2.45, 2.75) is 30.9 Å². The zero-order valence-electron chi connectivity index (χ0n) is 11.6. The standard InChI is InChI=1S/C13H22N2O2S2/c1-3-15(10-12-5-4-8-14-9-12)19(16,17)13-7-6-11(2)18-13/h6-7,12,14H,3-5,8-10H2,1-2H3. The van der Waals surface area contributed by atoms with Gasteiger partial charge in [-0.2, -0.15) is 4.31 Å². The van der Waals surface area contributed by atoms with Gasteiger partial charge in [0.1, 0.15) is 4.21 Å². The lowest BCUT2D eigenvalue weighted by Crippen LogP contribution is -2.40. The zero-order chi connectivity index (χ0) is 13.9. The van der Waals surface area contributed by atoms with Gasteiger partial charge in [-0.15, -0.1) is 11.3 Å². The highest BCUT2D eigenvalue weighted by molar-refractivity contribution is 7.91. The largest absolute Gasteiger partial charge is 0.316 e. The van der Waals surface area contributed by atoms with Crippen molar-refractivity contribution in [1.82, 2.24) is 9.62 Å². The van der Waals surface area contributed by atoms with Crippen LogP contribution >= 0.6 is 11.3 Å². The van der Waals surface area contributed by atoms with E-state index in [1.165, 1.54) is 11.3 Å². The first-order valence-electron chi connectivity index (χ1n) is 6.81. The summed E-state index contributed by atoms with van der Waals surface area (Å²) >= 11 is 1.36. The number of piperidine rings is 1. The van der Waals surface area contributed by atoms with Crippen LogP contribution in [-0.2, 0) is 10.0 Å². The van der Waals surface area contributed by atoms with E-state index >= 15 is 0 Å². The molecule has 1 saturated heterocycles. The number of hydrogen-bond donors (Lipinski definition) is 1. The van der Waals surface area contributed by atoms with Crippen molar-refractivity contribution in [3.8, 4) is 0 Å². The normalized spacial score (nSPS) is 20.9. The second kappa shape index (κ2) is 6.35. The van der Waals surface area contributed by atoms with Gasteiger partial charge in [-0.3, -0.25) is 0 Å². The Morgan fingerprint density at radius 1 is 1.47 bits per heavy atom. The van der Waals surface area contributed by atoms with Crippen molar-refractivity contribution in [1.29, 1.82) is 0 Å². The number of rotatable bonds is 5. The van der Waals surface area contributed by atoms with Gasteiger partial charge < -0.3 is 5.32 Å². The molecule has 0 aromatic carbocycles. The van der Waals surface area contributed by atoms with Crippen LogP contribution in [0.25, 0.3) is 0 Å². The smallest absolute Gasteiger partial charge is 0.252 e. The number of thiophene rings is 1. The second-order valence-electron chi connectivity index (χ2n) is 5.03. The molecule has 1 aromatic heterocycles. The van der Waals surface area contributed by atoms with Crippen LogP contribution in [0.4, 0.5) is 0 Å². The Hall–Kier alpha value is -0.430. The lowest BCUT2D eigenvalue weighted by atomic mass is 10.00. The zero-order valence-corrected chi connectivity index (χ0v) is 13.2. The topological polar surface area (TPSA) is 49.4 Å². The summed E-state index contributed by atoms with van der Waals surface area (Å²) in [5.41, 5.74) is 0. The fraction of sp³-hybridized carbons (Fsp3) is 0.692. The van der Waals surface area contributed by atoms with E-state index < -0.39 is 10.0 Å². The molecule has 2 heterocycles. The third-order valence-electron chi connectivity index (χ3n) is 3.52. The average molecular weight is 302 g/mol. The third kappa shape index (κ3) is 3.56. The quantitative estimate of drug-likeness (QED) is 0.906.